The summed E-state index contributed by atoms with van der Waals surface area (Å²) >= 11 is 1.14. The van der Waals surface area contributed by atoms with Crippen LogP contribution in [-0.2, 0) is 0 Å². The number of nitrogens with one attached hydrogen (secondary N) is 2. The highest BCUT2D eigenvalue weighted by Gasteiger charge is 2.13. The average Bonchev–Trinajstić information content (AvgIpc) is 2.65. The monoisotopic (exact) mass is 258 g/mol. The van der Waals surface area contributed by atoms with E-state index < -0.39 is 18.1 Å². The summed E-state index contributed by atoms with van der Waals surface area (Å²) < 4.78 is 0. The summed E-state index contributed by atoms with van der Waals surface area (Å²) in [7, 11) is 0. The average molecular weight is 258 g/mol. The fourth-order valence-electron chi connectivity index (χ4n) is 1.12. The summed E-state index contributed by atoms with van der Waals surface area (Å²) in [5.41, 5.74) is 0.0701. The van der Waals surface area contributed by atoms with Crippen LogP contribution in [0.5, 0.6) is 0 Å². The molecule has 0 radical (unpaired) electrons. The SMILES string of the molecule is CC(O)CCNC(=O)Nc1sccc1C(=O)O. The first-order valence-electron chi connectivity index (χ1n) is 5.04. The predicted octanol–water partition coefficient (Wildman–Crippen LogP) is 1.34. The third kappa shape index (κ3) is 4.41. The Kier molecular flexibility index (Phi) is 4.92. The molecule has 4 N–H and O–H groups in total. The van der Waals surface area contributed by atoms with Crippen LogP contribution in [0.1, 0.15) is 23.7 Å². The van der Waals surface area contributed by atoms with Gasteiger partial charge in [-0.25, -0.2) is 9.59 Å². The summed E-state index contributed by atoms with van der Waals surface area (Å²) in [4.78, 5) is 22.1. The molecule has 0 bridgehead atoms. The van der Waals surface area contributed by atoms with E-state index in [1.807, 2.05) is 0 Å². The molecule has 0 aromatic carbocycles. The lowest BCUT2D eigenvalue weighted by molar-refractivity contribution is 0.0698. The number of carboxylic acids is 1. The van der Waals surface area contributed by atoms with Crippen molar-refractivity contribution in [3.05, 3.63) is 17.0 Å². The molecule has 1 atom stereocenters. The van der Waals surface area contributed by atoms with E-state index >= 15 is 0 Å². The largest absolute Gasteiger partial charge is 0.478 e. The lowest BCUT2D eigenvalue weighted by Crippen LogP contribution is -2.31. The van der Waals surface area contributed by atoms with E-state index in [4.69, 9.17) is 10.2 Å². The third-order valence-electron chi connectivity index (χ3n) is 1.97. The second-order valence-electron chi connectivity index (χ2n) is 3.49. The maximum absolute atomic E-state index is 11.4. The van der Waals surface area contributed by atoms with Crippen molar-refractivity contribution in [1.29, 1.82) is 0 Å². The predicted molar refractivity (Wildman–Crippen MR) is 64.6 cm³/mol. The van der Waals surface area contributed by atoms with E-state index in [0.29, 0.717) is 18.0 Å². The van der Waals surface area contributed by atoms with Crippen LogP contribution >= 0.6 is 11.3 Å². The van der Waals surface area contributed by atoms with Gasteiger partial charge in [0.1, 0.15) is 5.00 Å². The molecule has 0 saturated heterocycles. The number of aliphatic hydroxyl groups is 1. The second kappa shape index (κ2) is 6.21. The van der Waals surface area contributed by atoms with Crippen molar-refractivity contribution in [1.82, 2.24) is 5.32 Å². The molecule has 7 heteroatoms. The molecule has 0 spiro atoms. The van der Waals surface area contributed by atoms with Gasteiger partial charge in [-0.2, -0.15) is 0 Å². The Morgan fingerprint density at radius 1 is 1.53 bits per heavy atom. The molecule has 0 saturated carbocycles. The number of carbonyl (C=O) groups excluding carboxylic acids is 1. The number of urea groups is 1. The highest BCUT2D eigenvalue weighted by molar-refractivity contribution is 7.14. The minimum atomic E-state index is -1.08. The van der Waals surface area contributed by atoms with Gasteiger partial charge in [0.25, 0.3) is 0 Å². The van der Waals surface area contributed by atoms with Gasteiger partial charge in [0, 0.05) is 6.54 Å². The van der Waals surface area contributed by atoms with Gasteiger partial charge in [0.15, 0.2) is 0 Å². The van der Waals surface area contributed by atoms with Gasteiger partial charge in [-0.05, 0) is 24.8 Å². The minimum Gasteiger partial charge on any atom is -0.478 e. The Balaban J connectivity index is 2.45. The summed E-state index contributed by atoms with van der Waals surface area (Å²) in [6, 6.07) is 0.953. The Hall–Kier alpha value is -1.60. The zero-order valence-corrected chi connectivity index (χ0v) is 10.1. The quantitative estimate of drug-likeness (QED) is 0.640. The van der Waals surface area contributed by atoms with E-state index in [1.165, 1.54) is 6.07 Å². The topological polar surface area (TPSA) is 98.7 Å². The lowest BCUT2D eigenvalue weighted by atomic mass is 10.3. The molecule has 1 aromatic rings. The summed E-state index contributed by atoms with van der Waals surface area (Å²) in [5.74, 6) is -1.08. The smallest absolute Gasteiger partial charge is 0.338 e. The van der Waals surface area contributed by atoms with E-state index in [9.17, 15) is 9.59 Å². The number of carbonyl (C=O) groups is 2. The zero-order chi connectivity index (χ0) is 12.8. The van der Waals surface area contributed by atoms with Gasteiger partial charge in [-0.1, -0.05) is 0 Å². The molecule has 2 amide bonds. The van der Waals surface area contributed by atoms with Crippen molar-refractivity contribution in [2.75, 3.05) is 11.9 Å². The number of aliphatic hydroxyl groups excluding tert-OH is 1. The van der Waals surface area contributed by atoms with Crippen LogP contribution < -0.4 is 10.6 Å². The lowest BCUT2D eigenvalue weighted by Gasteiger charge is -2.07. The van der Waals surface area contributed by atoms with Gasteiger partial charge < -0.3 is 15.5 Å². The molecule has 6 nitrogen and oxygen atoms in total. The molecule has 1 unspecified atom stereocenters. The van der Waals surface area contributed by atoms with Crippen LogP contribution in [0.4, 0.5) is 9.80 Å². The molecule has 0 aliphatic rings. The van der Waals surface area contributed by atoms with Crippen LogP contribution in [0.25, 0.3) is 0 Å². The zero-order valence-electron chi connectivity index (χ0n) is 9.27. The number of aromatic carboxylic acids is 1. The van der Waals surface area contributed by atoms with Gasteiger partial charge in [-0.3, -0.25) is 5.32 Å². The summed E-state index contributed by atoms with van der Waals surface area (Å²) in [6.45, 7) is 1.96. The first kappa shape index (κ1) is 13.5. The Labute approximate surface area is 102 Å². The first-order chi connectivity index (χ1) is 8.00. The Bertz CT molecular complexity index is 403. The highest BCUT2D eigenvalue weighted by Crippen LogP contribution is 2.22. The van der Waals surface area contributed by atoms with Crippen molar-refractivity contribution in [3.8, 4) is 0 Å². The van der Waals surface area contributed by atoms with E-state index in [-0.39, 0.29) is 5.56 Å². The maximum Gasteiger partial charge on any atom is 0.338 e. The first-order valence-corrected chi connectivity index (χ1v) is 5.92. The van der Waals surface area contributed by atoms with Gasteiger partial charge in [0.05, 0.1) is 11.7 Å². The second-order valence-corrected chi connectivity index (χ2v) is 4.40. The molecule has 0 aliphatic heterocycles. The van der Waals surface area contributed by atoms with Crippen LogP contribution in [-0.4, -0.2) is 34.9 Å². The normalized spacial score (nSPS) is 11.9. The van der Waals surface area contributed by atoms with Gasteiger partial charge >= 0.3 is 12.0 Å². The van der Waals surface area contributed by atoms with E-state index in [0.717, 1.165) is 11.3 Å². The highest BCUT2D eigenvalue weighted by atomic mass is 32.1. The van der Waals surface area contributed by atoms with Crippen molar-refractivity contribution in [2.24, 2.45) is 0 Å². The molecule has 17 heavy (non-hydrogen) atoms. The van der Waals surface area contributed by atoms with Crippen LogP contribution in [0.15, 0.2) is 11.4 Å². The number of thiophene rings is 1. The molecular formula is C10H14N2O4S. The number of amides is 2. The van der Waals surface area contributed by atoms with Crippen molar-refractivity contribution in [2.45, 2.75) is 19.4 Å². The van der Waals surface area contributed by atoms with Crippen molar-refractivity contribution >= 4 is 28.3 Å². The fraction of sp³-hybridized carbons (Fsp3) is 0.400. The van der Waals surface area contributed by atoms with Crippen LogP contribution in [0.2, 0.25) is 0 Å². The molecular weight excluding hydrogens is 244 g/mol. The number of carboxylic acid groups (broad SMARTS) is 1. The number of hydrogen-bond donors (Lipinski definition) is 4. The molecule has 1 rings (SSSR count). The van der Waals surface area contributed by atoms with Crippen LogP contribution in [0.3, 0.4) is 0 Å². The Morgan fingerprint density at radius 2 is 2.24 bits per heavy atom. The molecule has 0 fully saturated rings. The summed E-state index contributed by atoms with van der Waals surface area (Å²) in [5, 5.41) is 24.7. The molecule has 94 valence electrons. The molecule has 1 aromatic heterocycles. The Morgan fingerprint density at radius 3 is 2.82 bits per heavy atom. The van der Waals surface area contributed by atoms with E-state index in [1.54, 1.807) is 12.3 Å². The standard InChI is InChI=1S/C10H14N2O4S/c1-6(13)2-4-11-10(16)12-8-7(9(14)15)3-5-17-8/h3,5-6,13H,2,4H2,1H3,(H,14,15)(H2,11,12,16). The number of anilines is 1. The molecule has 1 heterocycles. The van der Waals surface area contributed by atoms with Crippen molar-refractivity contribution in [3.63, 3.8) is 0 Å². The van der Waals surface area contributed by atoms with E-state index in [2.05, 4.69) is 10.6 Å². The van der Waals surface area contributed by atoms with Gasteiger partial charge in [-0.15, -0.1) is 11.3 Å². The van der Waals surface area contributed by atoms with Gasteiger partial charge in [0.2, 0.25) is 0 Å². The third-order valence-corrected chi connectivity index (χ3v) is 2.80. The number of rotatable bonds is 5. The molecule has 0 aliphatic carbocycles. The van der Waals surface area contributed by atoms with Crippen molar-refractivity contribution < 1.29 is 19.8 Å². The van der Waals surface area contributed by atoms with Crippen LogP contribution in [0, 0.1) is 0 Å². The minimum absolute atomic E-state index is 0.0701. The maximum atomic E-state index is 11.4. The fourth-order valence-corrected chi connectivity index (χ4v) is 1.89. The summed E-state index contributed by atoms with van der Waals surface area (Å²) in [6.07, 6.45) is -0.0319. The number of hydrogen-bond acceptors (Lipinski definition) is 4.